The Labute approximate surface area is 368 Å². The van der Waals surface area contributed by atoms with Crippen molar-refractivity contribution in [3.63, 3.8) is 0 Å². The summed E-state index contributed by atoms with van der Waals surface area (Å²) in [6, 6.07) is 0. The van der Waals surface area contributed by atoms with Gasteiger partial charge in [0.2, 0.25) is 0 Å². The molecule has 6 heteroatoms. The summed E-state index contributed by atoms with van der Waals surface area (Å²) in [7, 11) is 0. The van der Waals surface area contributed by atoms with Gasteiger partial charge in [-0.25, -0.2) is 0 Å². The Morgan fingerprint density at radius 1 is 0.339 bits per heavy atom. The molecule has 0 rings (SSSR count). The molecule has 0 aliphatic rings. The topological polar surface area (TPSA) is 78.9 Å². The standard InChI is InChI=1S/C53H102O6/c1-7-49(6)41-35-29-23-19-20-25-31-37-43-52(55)58-46-50(59-53(56)44-38-32-26-18-14-13-16-22-28-34-40-48(4)5)45-57-51(54)42-36-30-24-17-12-10-8-9-11-15-21-27-33-39-47(2)3/h47-50H,7-46H2,1-6H3/t49?,50-/m1/s1. The fourth-order valence-electron chi connectivity index (χ4n) is 7.91. The molecule has 0 N–H and O–H groups in total. The highest BCUT2D eigenvalue weighted by Crippen LogP contribution is 2.18. The second-order valence-corrected chi connectivity index (χ2v) is 19.4. The van der Waals surface area contributed by atoms with Crippen molar-refractivity contribution in [3.8, 4) is 0 Å². The van der Waals surface area contributed by atoms with Gasteiger partial charge in [0, 0.05) is 19.3 Å². The highest BCUT2D eigenvalue weighted by molar-refractivity contribution is 5.71. The second-order valence-electron chi connectivity index (χ2n) is 19.4. The first-order valence-corrected chi connectivity index (χ1v) is 26.1. The number of unbranched alkanes of at least 4 members (excludes halogenated alkanes) is 28. The van der Waals surface area contributed by atoms with E-state index in [4.69, 9.17) is 14.2 Å². The normalized spacial score (nSPS) is 12.6. The predicted molar refractivity (Wildman–Crippen MR) is 252 cm³/mol. The highest BCUT2D eigenvalue weighted by atomic mass is 16.6. The number of esters is 3. The number of carbonyl (C=O) groups is 3. The number of hydrogen-bond acceptors (Lipinski definition) is 6. The largest absolute Gasteiger partial charge is 0.462 e. The van der Waals surface area contributed by atoms with E-state index in [-0.39, 0.29) is 31.1 Å². The van der Waals surface area contributed by atoms with E-state index < -0.39 is 6.10 Å². The van der Waals surface area contributed by atoms with Crippen molar-refractivity contribution in [2.75, 3.05) is 13.2 Å². The van der Waals surface area contributed by atoms with Crippen molar-refractivity contribution in [1.29, 1.82) is 0 Å². The third kappa shape index (κ3) is 45.8. The van der Waals surface area contributed by atoms with Crippen LogP contribution in [0.25, 0.3) is 0 Å². The van der Waals surface area contributed by atoms with Gasteiger partial charge in [-0.2, -0.15) is 0 Å². The van der Waals surface area contributed by atoms with Crippen LogP contribution in [0.3, 0.4) is 0 Å². The summed E-state index contributed by atoms with van der Waals surface area (Å²) < 4.78 is 16.8. The molecule has 0 aromatic heterocycles. The molecule has 0 aromatic rings. The van der Waals surface area contributed by atoms with Crippen LogP contribution in [0.1, 0.15) is 286 Å². The van der Waals surface area contributed by atoms with Crippen LogP contribution in [-0.4, -0.2) is 37.2 Å². The van der Waals surface area contributed by atoms with Crippen LogP contribution in [0.15, 0.2) is 0 Å². The van der Waals surface area contributed by atoms with E-state index in [0.29, 0.717) is 19.3 Å². The Morgan fingerprint density at radius 3 is 0.881 bits per heavy atom. The predicted octanol–water partition coefficient (Wildman–Crippen LogP) is 16.8. The number of rotatable bonds is 46. The monoisotopic (exact) mass is 835 g/mol. The molecule has 350 valence electrons. The molecule has 2 atom stereocenters. The number of carbonyl (C=O) groups excluding carboxylic acids is 3. The van der Waals surface area contributed by atoms with Gasteiger partial charge < -0.3 is 14.2 Å². The minimum Gasteiger partial charge on any atom is -0.462 e. The molecule has 0 spiro atoms. The number of hydrogen-bond donors (Lipinski definition) is 0. The fourth-order valence-corrected chi connectivity index (χ4v) is 7.91. The molecule has 0 amide bonds. The molecular weight excluding hydrogens is 733 g/mol. The quantitative estimate of drug-likeness (QED) is 0.0345. The average Bonchev–Trinajstić information content (AvgIpc) is 3.20. The van der Waals surface area contributed by atoms with Gasteiger partial charge in [0.15, 0.2) is 6.10 Å². The molecule has 6 nitrogen and oxygen atoms in total. The molecule has 0 saturated heterocycles. The molecule has 59 heavy (non-hydrogen) atoms. The summed E-state index contributed by atoms with van der Waals surface area (Å²) in [4.78, 5) is 38.0. The maximum absolute atomic E-state index is 12.8. The minimum absolute atomic E-state index is 0.0649. The Balaban J connectivity index is 4.32. The van der Waals surface area contributed by atoms with Gasteiger partial charge in [0.05, 0.1) is 0 Å². The van der Waals surface area contributed by atoms with Gasteiger partial charge in [-0.3, -0.25) is 14.4 Å². The zero-order valence-electron chi connectivity index (χ0n) is 40.5. The van der Waals surface area contributed by atoms with Crippen LogP contribution in [0.4, 0.5) is 0 Å². The first-order chi connectivity index (χ1) is 28.6. The Morgan fingerprint density at radius 2 is 0.593 bits per heavy atom. The average molecular weight is 835 g/mol. The molecule has 0 bridgehead atoms. The third-order valence-corrected chi connectivity index (χ3v) is 12.3. The number of ether oxygens (including phenoxy) is 3. The van der Waals surface area contributed by atoms with Crippen molar-refractivity contribution in [1.82, 2.24) is 0 Å². The van der Waals surface area contributed by atoms with Gasteiger partial charge in [0.25, 0.3) is 0 Å². The molecule has 0 heterocycles. The van der Waals surface area contributed by atoms with Gasteiger partial charge in [0.1, 0.15) is 13.2 Å². The highest BCUT2D eigenvalue weighted by Gasteiger charge is 2.19. The van der Waals surface area contributed by atoms with E-state index in [0.717, 1.165) is 75.5 Å². The first kappa shape index (κ1) is 57.4. The van der Waals surface area contributed by atoms with Gasteiger partial charge >= 0.3 is 17.9 Å². The van der Waals surface area contributed by atoms with Crippen LogP contribution in [0.5, 0.6) is 0 Å². The lowest BCUT2D eigenvalue weighted by Crippen LogP contribution is -2.30. The first-order valence-electron chi connectivity index (χ1n) is 26.1. The van der Waals surface area contributed by atoms with E-state index >= 15 is 0 Å². The maximum atomic E-state index is 12.8. The van der Waals surface area contributed by atoms with E-state index in [1.807, 2.05) is 0 Å². The second kappa shape index (κ2) is 44.5. The summed E-state index contributed by atoms with van der Waals surface area (Å²) in [6.07, 6.45) is 43.7. The lowest BCUT2D eigenvalue weighted by atomic mass is 9.99. The van der Waals surface area contributed by atoms with Crippen LogP contribution in [0, 0.1) is 17.8 Å². The summed E-state index contributed by atoms with van der Waals surface area (Å²) >= 11 is 0. The minimum atomic E-state index is -0.763. The molecular formula is C53H102O6. The van der Waals surface area contributed by atoms with Crippen LogP contribution in [-0.2, 0) is 28.6 Å². The lowest BCUT2D eigenvalue weighted by Gasteiger charge is -2.18. The fraction of sp³-hybridized carbons (Fsp3) is 0.943. The molecule has 0 aliphatic heterocycles. The van der Waals surface area contributed by atoms with Gasteiger partial charge in [-0.1, -0.05) is 247 Å². The van der Waals surface area contributed by atoms with E-state index in [1.165, 1.54) is 167 Å². The smallest absolute Gasteiger partial charge is 0.306 e. The molecule has 0 aliphatic carbocycles. The van der Waals surface area contributed by atoms with E-state index in [1.54, 1.807) is 0 Å². The third-order valence-electron chi connectivity index (χ3n) is 12.3. The van der Waals surface area contributed by atoms with Gasteiger partial charge in [-0.15, -0.1) is 0 Å². The van der Waals surface area contributed by atoms with E-state index in [9.17, 15) is 14.4 Å². The Bertz CT molecular complexity index is 916. The maximum Gasteiger partial charge on any atom is 0.306 e. The Kier molecular flexibility index (Phi) is 43.3. The van der Waals surface area contributed by atoms with Crippen molar-refractivity contribution in [2.45, 2.75) is 292 Å². The van der Waals surface area contributed by atoms with Crippen LogP contribution >= 0.6 is 0 Å². The zero-order valence-corrected chi connectivity index (χ0v) is 40.5. The summed E-state index contributed by atoms with van der Waals surface area (Å²) in [5.41, 5.74) is 0. The summed E-state index contributed by atoms with van der Waals surface area (Å²) in [6.45, 7) is 13.7. The molecule has 0 saturated carbocycles. The Hall–Kier alpha value is -1.59. The summed E-state index contributed by atoms with van der Waals surface area (Å²) in [5, 5.41) is 0. The lowest BCUT2D eigenvalue weighted by molar-refractivity contribution is -0.167. The van der Waals surface area contributed by atoms with Crippen molar-refractivity contribution in [2.24, 2.45) is 17.8 Å². The summed E-state index contributed by atoms with van der Waals surface area (Å²) in [5.74, 6) is 1.65. The van der Waals surface area contributed by atoms with Crippen molar-refractivity contribution >= 4 is 17.9 Å². The van der Waals surface area contributed by atoms with Crippen molar-refractivity contribution < 1.29 is 28.6 Å². The van der Waals surface area contributed by atoms with Crippen LogP contribution in [0.2, 0.25) is 0 Å². The van der Waals surface area contributed by atoms with Crippen molar-refractivity contribution in [3.05, 3.63) is 0 Å². The molecule has 0 fully saturated rings. The van der Waals surface area contributed by atoms with Gasteiger partial charge in [-0.05, 0) is 37.0 Å². The molecule has 1 unspecified atom stereocenters. The molecule has 0 aromatic carbocycles. The molecule has 0 radical (unpaired) electrons. The SMILES string of the molecule is CCC(C)CCCCCCCCCCC(=O)OC[C@@H](COC(=O)CCCCCCCCCCCCCCCC(C)C)OC(=O)CCCCCCCCCCCCC(C)C. The van der Waals surface area contributed by atoms with E-state index in [2.05, 4.69) is 41.5 Å². The van der Waals surface area contributed by atoms with Crippen LogP contribution < -0.4 is 0 Å². The zero-order chi connectivity index (χ0) is 43.4.